The zero-order valence-corrected chi connectivity index (χ0v) is 13.6. The van der Waals surface area contributed by atoms with Gasteiger partial charge in [-0.3, -0.25) is 4.79 Å². The number of benzene rings is 1. The first-order valence-electron chi connectivity index (χ1n) is 8.67. The molecule has 1 aromatic rings. The van der Waals surface area contributed by atoms with E-state index in [4.69, 9.17) is 4.74 Å². The highest BCUT2D eigenvalue weighted by Gasteiger charge is 2.24. The van der Waals surface area contributed by atoms with Crippen molar-refractivity contribution in [2.75, 3.05) is 0 Å². The van der Waals surface area contributed by atoms with E-state index >= 15 is 0 Å². The monoisotopic (exact) mass is 335 g/mol. The van der Waals surface area contributed by atoms with Gasteiger partial charge in [-0.05, 0) is 44.4 Å². The minimum Gasteiger partial charge on any atom is -0.490 e. The summed E-state index contributed by atoms with van der Waals surface area (Å²) in [7, 11) is 0. The van der Waals surface area contributed by atoms with Gasteiger partial charge < -0.3 is 10.1 Å². The van der Waals surface area contributed by atoms with Crippen molar-refractivity contribution in [2.45, 2.75) is 57.1 Å². The lowest BCUT2D eigenvalue weighted by Crippen LogP contribution is -2.40. The van der Waals surface area contributed by atoms with Crippen LogP contribution in [0.15, 0.2) is 30.4 Å². The minimum absolute atomic E-state index is 0.0582. The van der Waals surface area contributed by atoms with Gasteiger partial charge in [0.2, 0.25) is 5.91 Å². The molecule has 2 aliphatic rings. The van der Waals surface area contributed by atoms with Gasteiger partial charge in [0, 0.05) is 30.7 Å². The number of carbonyl (C=O) groups excluding carboxylic acids is 1. The normalized spacial score (nSPS) is 26.3. The highest BCUT2D eigenvalue weighted by Crippen LogP contribution is 2.26. The summed E-state index contributed by atoms with van der Waals surface area (Å²) in [6.45, 7) is 0. The van der Waals surface area contributed by atoms with Crippen LogP contribution in [-0.4, -0.2) is 18.1 Å². The van der Waals surface area contributed by atoms with E-state index in [-0.39, 0.29) is 23.8 Å². The number of nitrogens with one attached hydrogen (secondary N) is 1. The Labute approximate surface area is 141 Å². The maximum absolute atomic E-state index is 13.2. The summed E-state index contributed by atoms with van der Waals surface area (Å²) in [4.78, 5) is 12.1. The summed E-state index contributed by atoms with van der Waals surface area (Å²) in [5, 5.41) is 3.10. The van der Waals surface area contributed by atoms with Gasteiger partial charge in [0.1, 0.15) is 17.4 Å². The Morgan fingerprint density at radius 1 is 1.08 bits per heavy atom. The molecule has 0 saturated heterocycles. The smallest absolute Gasteiger partial charge is 0.220 e. The van der Waals surface area contributed by atoms with E-state index in [1.165, 1.54) is 12.1 Å². The molecule has 5 heteroatoms. The zero-order valence-electron chi connectivity index (χ0n) is 13.6. The van der Waals surface area contributed by atoms with Crippen molar-refractivity contribution >= 4 is 5.91 Å². The fraction of sp³-hybridized carbons (Fsp3) is 0.526. The molecule has 1 aromatic carbocycles. The first-order chi connectivity index (χ1) is 11.6. The van der Waals surface area contributed by atoms with E-state index in [0.29, 0.717) is 12.3 Å². The van der Waals surface area contributed by atoms with Crippen molar-refractivity contribution < 1.29 is 18.3 Å². The van der Waals surface area contributed by atoms with Gasteiger partial charge in [-0.15, -0.1) is 0 Å². The molecule has 3 nitrogen and oxygen atoms in total. The number of ether oxygens (including phenoxy) is 1. The van der Waals surface area contributed by atoms with Crippen LogP contribution in [0, 0.1) is 17.6 Å². The molecule has 1 amide bonds. The Morgan fingerprint density at radius 3 is 2.42 bits per heavy atom. The van der Waals surface area contributed by atoms with Crippen molar-refractivity contribution in [3.8, 4) is 5.75 Å². The molecule has 1 fully saturated rings. The van der Waals surface area contributed by atoms with Crippen LogP contribution in [0.4, 0.5) is 8.78 Å². The fourth-order valence-corrected chi connectivity index (χ4v) is 3.50. The fourth-order valence-electron chi connectivity index (χ4n) is 3.50. The molecular weight excluding hydrogens is 312 g/mol. The molecular formula is C19H23F2NO2. The molecule has 0 bridgehead atoms. The van der Waals surface area contributed by atoms with Crippen LogP contribution in [0.5, 0.6) is 5.75 Å². The lowest BCUT2D eigenvalue weighted by Gasteiger charge is -2.29. The van der Waals surface area contributed by atoms with Crippen LogP contribution in [-0.2, 0) is 4.79 Å². The van der Waals surface area contributed by atoms with Crippen LogP contribution in [0.25, 0.3) is 0 Å². The first kappa shape index (κ1) is 16.9. The van der Waals surface area contributed by atoms with E-state index in [0.717, 1.165) is 44.6 Å². The number of hydrogen-bond acceptors (Lipinski definition) is 2. The molecule has 130 valence electrons. The van der Waals surface area contributed by atoms with Crippen molar-refractivity contribution in [1.82, 2.24) is 5.32 Å². The van der Waals surface area contributed by atoms with E-state index in [1.54, 1.807) is 0 Å². The summed E-state index contributed by atoms with van der Waals surface area (Å²) < 4.78 is 32.0. The van der Waals surface area contributed by atoms with Gasteiger partial charge in [0.05, 0.1) is 6.10 Å². The molecule has 0 radical (unpaired) electrons. The molecule has 0 aliphatic heterocycles. The van der Waals surface area contributed by atoms with Crippen molar-refractivity contribution in [3.63, 3.8) is 0 Å². The molecule has 1 unspecified atom stereocenters. The van der Waals surface area contributed by atoms with Crippen LogP contribution in [0.2, 0.25) is 0 Å². The molecule has 3 rings (SSSR count). The highest BCUT2D eigenvalue weighted by atomic mass is 19.1. The van der Waals surface area contributed by atoms with Gasteiger partial charge in [0.25, 0.3) is 0 Å². The SMILES string of the molecule is O=C(CC1C=CCC1)NC1CCC(Oc2cc(F)cc(F)c2)CC1. The Balaban J connectivity index is 1.42. The maximum atomic E-state index is 13.2. The van der Waals surface area contributed by atoms with Crippen molar-refractivity contribution in [3.05, 3.63) is 42.0 Å². The zero-order chi connectivity index (χ0) is 16.9. The number of halogens is 2. The van der Waals surface area contributed by atoms with Crippen molar-refractivity contribution in [2.24, 2.45) is 5.92 Å². The predicted molar refractivity (Wildman–Crippen MR) is 87.7 cm³/mol. The summed E-state index contributed by atoms with van der Waals surface area (Å²) in [6.07, 6.45) is 10.1. The summed E-state index contributed by atoms with van der Waals surface area (Å²) in [5.41, 5.74) is 0. The molecule has 0 spiro atoms. The van der Waals surface area contributed by atoms with Gasteiger partial charge in [-0.25, -0.2) is 8.78 Å². The van der Waals surface area contributed by atoms with E-state index in [1.807, 2.05) is 0 Å². The lowest BCUT2D eigenvalue weighted by atomic mass is 9.92. The minimum atomic E-state index is -0.632. The predicted octanol–water partition coefficient (Wildman–Crippen LogP) is 4.13. The highest BCUT2D eigenvalue weighted by molar-refractivity contribution is 5.76. The quantitative estimate of drug-likeness (QED) is 0.822. The average Bonchev–Trinajstić information content (AvgIpc) is 3.01. The Kier molecular flexibility index (Phi) is 5.48. The third kappa shape index (κ3) is 4.79. The van der Waals surface area contributed by atoms with Crippen LogP contribution in [0.1, 0.15) is 44.9 Å². The second-order valence-corrected chi connectivity index (χ2v) is 6.73. The average molecular weight is 335 g/mol. The Morgan fingerprint density at radius 2 is 1.79 bits per heavy atom. The van der Waals surface area contributed by atoms with E-state index in [9.17, 15) is 13.6 Å². The number of allylic oxidation sites excluding steroid dienone is 2. The molecule has 2 aliphatic carbocycles. The van der Waals surface area contributed by atoms with Gasteiger partial charge in [0.15, 0.2) is 0 Å². The third-order valence-corrected chi connectivity index (χ3v) is 4.74. The molecule has 1 atom stereocenters. The standard InChI is InChI=1S/C19H23F2NO2/c20-14-10-15(21)12-18(11-14)24-17-7-5-16(6-8-17)22-19(23)9-13-3-1-2-4-13/h1,3,10-13,16-17H,2,4-9H2,(H,22,23). The number of hydrogen-bond donors (Lipinski definition) is 1. The molecule has 24 heavy (non-hydrogen) atoms. The van der Waals surface area contributed by atoms with E-state index in [2.05, 4.69) is 17.5 Å². The number of amides is 1. The lowest BCUT2D eigenvalue weighted by molar-refractivity contribution is -0.122. The summed E-state index contributed by atoms with van der Waals surface area (Å²) in [6, 6.07) is 3.41. The van der Waals surface area contributed by atoms with E-state index < -0.39 is 11.6 Å². The Hall–Kier alpha value is -1.91. The molecule has 0 heterocycles. The topological polar surface area (TPSA) is 38.3 Å². The van der Waals surface area contributed by atoms with Crippen molar-refractivity contribution in [1.29, 1.82) is 0 Å². The second kappa shape index (κ2) is 7.77. The molecule has 0 aromatic heterocycles. The van der Waals surface area contributed by atoms with Crippen LogP contribution in [0.3, 0.4) is 0 Å². The van der Waals surface area contributed by atoms with Gasteiger partial charge >= 0.3 is 0 Å². The number of rotatable bonds is 5. The maximum Gasteiger partial charge on any atom is 0.220 e. The Bertz CT molecular complexity index is 589. The molecule has 1 saturated carbocycles. The summed E-state index contributed by atoms with van der Waals surface area (Å²) in [5.74, 6) is -0.539. The van der Waals surface area contributed by atoms with Gasteiger partial charge in [-0.1, -0.05) is 12.2 Å². The summed E-state index contributed by atoms with van der Waals surface area (Å²) >= 11 is 0. The van der Waals surface area contributed by atoms with Crippen LogP contribution < -0.4 is 10.1 Å². The molecule has 1 N–H and O–H groups in total. The second-order valence-electron chi connectivity index (χ2n) is 6.73. The van der Waals surface area contributed by atoms with Gasteiger partial charge in [-0.2, -0.15) is 0 Å². The first-order valence-corrected chi connectivity index (χ1v) is 8.67. The third-order valence-electron chi connectivity index (χ3n) is 4.74. The van der Waals surface area contributed by atoms with Crippen LogP contribution >= 0.6 is 0 Å². The largest absolute Gasteiger partial charge is 0.490 e. The number of carbonyl (C=O) groups is 1.